The molecule has 0 saturated heterocycles. The average molecular weight is 224 g/mol. The number of pyridine rings is 1. The Morgan fingerprint density at radius 2 is 2.20 bits per heavy atom. The highest BCUT2D eigenvalue weighted by molar-refractivity contribution is 6.31. The summed E-state index contributed by atoms with van der Waals surface area (Å²) >= 11 is 5.89. The first-order valence-electron chi connectivity index (χ1n) is 4.59. The van der Waals surface area contributed by atoms with Gasteiger partial charge in [0.25, 0.3) is 0 Å². The third-order valence-corrected chi connectivity index (χ3v) is 2.25. The maximum absolute atomic E-state index is 8.69. The second kappa shape index (κ2) is 4.47. The van der Waals surface area contributed by atoms with Crippen LogP contribution in [0.3, 0.4) is 0 Å². The number of ether oxygens (including phenoxy) is 1. The number of rotatable bonds is 3. The molecule has 0 fully saturated rings. The van der Waals surface area contributed by atoms with Crippen molar-refractivity contribution in [1.29, 1.82) is 0 Å². The fraction of sp³-hybridized carbons (Fsp3) is 0.182. The molecule has 0 aliphatic rings. The minimum absolute atomic E-state index is 0.00954. The van der Waals surface area contributed by atoms with E-state index in [1.165, 1.54) is 0 Å². The van der Waals surface area contributed by atoms with Crippen molar-refractivity contribution in [1.82, 2.24) is 4.98 Å². The largest absolute Gasteiger partial charge is 0.490 e. The van der Waals surface area contributed by atoms with Crippen LogP contribution in [0.2, 0.25) is 5.02 Å². The Hall–Kier alpha value is -1.32. The van der Waals surface area contributed by atoms with E-state index in [9.17, 15) is 0 Å². The molecule has 0 spiro atoms. The van der Waals surface area contributed by atoms with Crippen LogP contribution < -0.4 is 4.74 Å². The van der Waals surface area contributed by atoms with E-state index >= 15 is 0 Å². The van der Waals surface area contributed by atoms with Gasteiger partial charge >= 0.3 is 0 Å². The van der Waals surface area contributed by atoms with Crippen LogP contribution in [0.1, 0.15) is 0 Å². The van der Waals surface area contributed by atoms with Crippen LogP contribution >= 0.6 is 11.6 Å². The van der Waals surface area contributed by atoms with Crippen molar-refractivity contribution in [3.05, 3.63) is 35.5 Å². The quantitative estimate of drug-likeness (QED) is 0.868. The van der Waals surface area contributed by atoms with Gasteiger partial charge in [0.2, 0.25) is 0 Å². The zero-order valence-corrected chi connectivity index (χ0v) is 8.74. The Morgan fingerprint density at radius 3 is 3.00 bits per heavy atom. The third kappa shape index (κ3) is 2.19. The van der Waals surface area contributed by atoms with Crippen LogP contribution in [0.5, 0.6) is 5.75 Å². The van der Waals surface area contributed by atoms with Gasteiger partial charge in [-0.3, -0.25) is 4.98 Å². The van der Waals surface area contributed by atoms with Crippen molar-refractivity contribution in [2.75, 3.05) is 13.2 Å². The molecule has 2 aromatic rings. The molecule has 0 atom stereocenters. The van der Waals surface area contributed by atoms with Crippen molar-refractivity contribution in [2.45, 2.75) is 0 Å². The molecule has 15 heavy (non-hydrogen) atoms. The van der Waals surface area contributed by atoms with E-state index in [0.29, 0.717) is 10.8 Å². The van der Waals surface area contributed by atoms with E-state index in [2.05, 4.69) is 4.98 Å². The monoisotopic (exact) mass is 223 g/mol. The summed E-state index contributed by atoms with van der Waals surface area (Å²) in [6.45, 7) is 0.260. The molecular weight excluding hydrogens is 214 g/mol. The molecule has 0 bridgehead atoms. The third-order valence-electron chi connectivity index (χ3n) is 2.01. The van der Waals surface area contributed by atoms with Gasteiger partial charge in [-0.05, 0) is 24.3 Å². The summed E-state index contributed by atoms with van der Waals surface area (Å²) in [7, 11) is 0. The zero-order chi connectivity index (χ0) is 10.7. The van der Waals surface area contributed by atoms with E-state index in [1.807, 2.05) is 6.07 Å². The average Bonchev–Trinajstić information content (AvgIpc) is 2.26. The van der Waals surface area contributed by atoms with E-state index < -0.39 is 0 Å². The number of fused-ring (bicyclic) bond motifs is 1. The summed E-state index contributed by atoms with van der Waals surface area (Å²) in [6, 6.07) is 7.18. The first-order valence-corrected chi connectivity index (χ1v) is 4.97. The first kappa shape index (κ1) is 10.2. The normalized spacial score (nSPS) is 10.5. The molecule has 1 aromatic carbocycles. The fourth-order valence-corrected chi connectivity index (χ4v) is 1.55. The Bertz CT molecular complexity index is 473. The number of hydrogen-bond acceptors (Lipinski definition) is 3. The van der Waals surface area contributed by atoms with Crippen LogP contribution in [0, 0.1) is 0 Å². The van der Waals surface area contributed by atoms with Gasteiger partial charge < -0.3 is 9.84 Å². The standard InChI is InChI=1S/C11H10ClNO2/c12-8-1-2-10-9(7-8)11(3-4-13-10)15-6-5-14/h1-4,7,14H,5-6H2. The number of nitrogens with zero attached hydrogens (tertiary/aromatic N) is 1. The summed E-state index contributed by atoms with van der Waals surface area (Å²) < 4.78 is 5.37. The molecule has 1 N–H and O–H groups in total. The fourth-order valence-electron chi connectivity index (χ4n) is 1.37. The summed E-state index contributed by atoms with van der Waals surface area (Å²) in [6.07, 6.45) is 1.67. The molecule has 0 aliphatic carbocycles. The van der Waals surface area contributed by atoms with Gasteiger partial charge in [0.05, 0.1) is 12.1 Å². The minimum atomic E-state index is -0.00954. The molecule has 0 saturated carbocycles. The van der Waals surface area contributed by atoms with E-state index in [1.54, 1.807) is 24.4 Å². The predicted octanol–water partition coefficient (Wildman–Crippen LogP) is 2.26. The molecule has 0 aliphatic heterocycles. The van der Waals surface area contributed by atoms with E-state index in [-0.39, 0.29) is 13.2 Å². The smallest absolute Gasteiger partial charge is 0.130 e. The molecule has 0 radical (unpaired) electrons. The highest BCUT2D eigenvalue weighted by atomic mass is 35.5. The molecule has 3 nitrogen and oxygen atoms in total. The minimum Gasteiger partial charge on any atom is -0.490 e. The maximum Gasteiger partial charge on any atom is 0.130 e. The summed E-state index contributed by atoms with van der Waals surface area (Å²) in [5.41, 5.74) is 0.829. The molecule has 2 rings (SSSR count). The van der Waals surface area contributed by atoms with Crippen LogP contribution in [0.15, 0.2) is 30.5 Å². The predicted molar refractivity (Wildman–Crippen MR) is 59.3 cm³/mol. The lowest BCUT2D eigenvalue weighted by Crippen LogP contribution is -2.02. The molecule has 4 heteroatoms. The number of aromatic nitrogens is 1. The lowest BCUT2D eigenvalue weighted by Gasteiger charge is -2.07. The van der Waals surface area contributed by atoms with Gasteiger partial charge in [0.1, 0.15) is 12.4 Å². The summed E-state index contributed by atoms with van der Waals surface area (Å²) in [5.74, 6) is 0.691. The van der Waals surface area contributed by atoms with Crippen LogP contribution in [0.25, 0.3) is 10.9 Å². The summed E-state index contributed by atoms with van der Waals surface area (Å²) in [5, 5.41) is 10.2. The molecule has 1 heterocycles. The van der Waals surface area contributed by atoms with Gasteiger partial charge in [-0.2, -0.15) is 0 Å². The Kier molecular flexibility index (Phi) is 3.04. The van der Waals surface area contributed by atoms with Crippen LogP contribution in [-0.2, 0) is 0 Å². The molecular formula is C11H10ClNO2. The second-order valence-electron chi connectivity index (χ2n) is 3.04. The number of hydrogen-bond donors (Lipinski definition) is 1. The van der Waals surface area contributed by atoms with Crippen molar-refractivity contribution < 1.29 is 9.84 Å². The van der Waals surface area contributed by atoms with E-state index in [0.717, 1.165) is 10.9 Å². The number of aliphatic hydroxyl groups is 1. The molecule has 78 valence electrons. The lowest BCUT2D eigenvalue weighted by atomic mass is 10.2. The van der Waals surface area contributed by atoms with Crippen molar-refractivity contribution in [2.24, 2.45) is 0 Å². The molecule has 0 amide bonds. The van der Waals surface area contributed by atoms with Gasteiger partial charge in [-0.15, -0.1) is 0 Å². The van der Waals surface area contributed by atoms with Crippen molar-refractivity contribution in [3.63, 3.8) is 0 Å². The summed E-state index contributed by atoms with van der Waals surface area (Å²) in [4.78, 5) is 4.19. The van der Waals surface area contributed by atoms with Crippen LogP contribution in [-0.4, -0.2) is 23.3 Å². The van der Waals surface area contributed by atoms with Gasteiger partial charge in [-0.1, -0.05) is 11.6 Å². The number of halogens is 1. The zero-order valence-electron chi connectivity index (χ0n) is 7.98. The topological polar surface area (TPSA) is 42.4 Å². The highest BCUT2D eigenvalue weighted by Gasteiger charge is 2.03. The van der Waals surface area contributed by atoms with Crippen molar-refractivity contribution >= 4 is 22.5 Å². The molecule has 0 unspecified atom stereocenters. The Labute approximate surface area is 92.3 Å². The molecule has 1 aromatic heterocycles. The van der Waals surface area contributed by atoms with Gasteiger partial charge in [0, 0.05) is 16.6 Å². The van der Waals surface area contributed by atoms with Crippen LogP contribution in [0.4, 0.5) is 0 Å². The number of benzene rings is 1. The lowest BCUT2D eigenvalue weighted by molar-refractivity contribution is 0.203. The maximum atomic E-state index is 8.69. The SMILES string of the molecule is OCCOc1ccnc2ccc(Cl)cc12. The van der Waals surface area contributed by atoms with Gasteiger partial charge in [0.15, 0.2) is 0 Å². The van der Waals surface area contributed by atoms with Gasteiger partial charge in [-0.25, -0.2) is 0 Å². The second-order valence-corrected chi connectivity index (χ2v) is 3.48. The van der Waals surface area contributed by atoms with E-state index in [4.69, 9.17) is 21.4 Å². The highest BCUT2D eigenvalue weighted by Crippen LogP contribution is 2.26. The number of aliphatic hydroxyl groups excluding tert-OH is 1. The Morgan fingerprint density at radius 1 is 1.33 bits per heavy atom. The van der Waals surface area contributed by atoms with Crippen molar-refractivity contribution in [3.8, 4) is 5.75 Å². The first-order chi connectivity index (χ1) is 7.31. The Balaban J connectivity index is 2.48.